The standard InChI is InChI=1S/C17H25NO/c1-15(2,3)12-7-9-13(10-8-12)17(6)11-14(19)18-16(17,4)5/h7-10H,11H2,1-6H3,(H,18,19). The predicted octanol–water partition coefficient (Wildman–Crippen LogP) is 3.54. The molecule has 2 heteroatoms. The van der Waals surface area contributed by atoms with Crippen molar-refractivity contribution in [3.05, 3.63) is 35.4 Å². The first-order valence-corrected chi connectivity index (χ1v) is 6.98. The van der Waals surface area contributed by atoms with Gasteiger partial charge in [0.15, 0.2) is 0 Å². The molecule has 1 N–H and O–H groups in total. The second-order valence-electron chi connectivity index (χ2n) is 7.51. The molecule has 1 unspecified atom stereocenters. The Morgan fingerprint density at radius 1 is 1.05 bits per heavy atom. The molecule has 2 rings (SSSR count). The first kappa shape index (κ1) is 14.1. The highest BCUT2D eigenvalue weighted by Gasteiger charge is 2.50. The Labute approximate surface area is 116 Å². The minimum atomic E-state index is -0.201. The Kier molecular flexibility index (Phi) is 3.04. The van der Waals surface area contributed by atoms with Crippen LogP contribution in [0.15, 0.2) is 24.3 Å². The maximum Gasteiger partial charge on any atom is 0.221 e. The van der Waals surface area contributed by atoms with Crippen LogP contribution in [0.2, 0.25) is 0 Å². The topological polar surface area (TPSA) is 29.1 Å². The van der Waals surface area contributed by atoms with E-state index in [1.54, 1.807) is 0 Å². The summed E-state index contributed by atoms with van der Waals surface area (Å²) >= 11 is 0. The fourth-order valence-corrected chi connectivity index (χ4v) is 2.87. The van der Waals surface area contributed by atoms with E-state index in [9.17, 15) is 4.79 Å². The molecule has 1 amide bonds. The Morgan fingerprint density at radius 3 is 1.95 bits per heavy atom. The largest absolute Gasteiger partial charge is 0.350 e. The van der Waals surface area contributed by atoms with Gasteiger partial charge in [-0.2, -0.15) is 0 Å². The van der Waals surface area contributed by atoms with Gasteiger partial charge in [0.05, 0.1) is 0 Å². The molecular formula is C17H25NO. The van der Waals surface area contributed by atoms with Crippen LogP contribution in [-0.4, -0.2) is 11.4 Å². The van der Waals surface area contributed by atoms with E-state index in [2.05, 4.69) is 71.1 Å². The number of nitrogens with one attached hydrogen (secondary N) is 1. The van der Waals surface area contributed by atoms with Crippen LogP contribution in [0.5, 0.6) is 0 Å². The molecule has 0 saturated carbocycles. The van der Waals surface area contributed by atoms with Crippen LogP contribution in [0.3, 0.4) is 0 Å². The van der Waals surface area contributed by atoms with Gasteiger partial charge in [-0.25, -0.2) is 0 Å². The molecule has 1 aromatic carbocycles. The number of hydrogen-bond acceptors (Lipinski definition) is 1. The van der Waals surface area contributed by atoms with Crippen molar-refractivity contribution in [2.24, 2.45) is 0 Å². The molecule has 1 atom stereocenters. The van der Waals surface area contributed by atoms with Gasteiger partial charge in [-0.3, -0.25) is 4.79 Å². The third kappa shape index (κ3) is 2.29. The number of hydrogen-bond donors (Lipinski definition) is 1. The van der Waals surface area contributed by atoms with E-state index in [-0.39, 0.29) is 22.3 Å². The van der Waals surface area contributed by atoms with Crippen molar-refractivity contribution in [1.29, 1.82) is 0 Å². The van der Waals surface area contributed by atoms with Gasteiger partial charge in [0.2, 0.25) is 5.91 Å². The molecule has 2 nitrogen and oxygen atoms in total. The van der Waals surface area contributed by atoms with Gasteiger partial charge in [-0.15, -0.1) is 0 Å². The van der Waals surface area contributed by atoms with Crippen LogP contribution in [0.25, 0.3) is 0 Å². The van der Waals surface area contributed by atoms with Gasteiger partial charge in [-0.1, -0.05) is 52.0 Å². The van der Waals surface area contributed by atoms with E-state index in [0.717, 1.165) is 0 Å². The molecule has 0 aromatic heterocycles. The second kappa shape index (κ2) is 4.09. The summed E-state index contributed by atoms with van der Waals surface area (Å²) in [7, 11) is 0. The number of amides is 1. The second-order valence-corrected chi connectivity index (χ2v) is 7.51. The van der Waals surface area contributed by atoms with Crippen LogP contribution in [-0.2, 0) is 15.6 Å². The normalized spacial score (nSPS) is 26.3. The average molecular weight is 259 g/mol. The molecular weight excluding hydrogens is 234 g/mol. The van der Waals surface area contributed by atoms with Gasteiger partial charge >= 0.3 is 0 Å². The minimum absolute atomic E-state index is 0.138. The number of carbonyl (C=O) groups is 1. The van der Waals surface area contributed by atoms with Gasteiger partial charge in [0, 0.05) is 17.4 Å². The molecule has 1 saturated heterocycles. The summed E-state index contributed by atoms with van der Waals surface area (Å²) in [5, 5.41) is 3.09. The van der Waals surface area contributed by atoms with Crippen LogP contribution < -0.4 is 5.32 Å². The highest BCUT2D eigenvalue weighted by molar-refractivity contribution is 5.82. The lowest BCUT2D eigenvalue weighted by Crippen LogP contribution is -2.48. The predicted molar refractivity (Wildman–Crippen MR) is 79.3 cm³/mol. The summed E-state index contributed by atoms with van der Waals surface area (Å²) in [5.41, 5.74) is 2.39. The van der Waals surface area contributed by atoms with Crippen molar-refractivity contribution in [2.45, 2.75) is 64.3 Å². The summed E-state index contributed by atoms with van der Waals surface area (Å²) in [6.07, 6.45) is 0.564. The number of rotatable bonds is 1. The van der Waals surface area contributed by atoms with E-state index in [1.165, 1.54) is 11.1 Å². The maximum absolute atomic E-state index is 11.8. The SMILES string of the molecule is CC(C)(C)c1ccc(C2(C)CC(=O)NC2(C)C)cc1. The Morgan fingerprint density at radius 2 is 1.58 bits per heavy atom. The average Bonchev–Trinajstić information content (AvgIpc) is 2.47. The van der Waals surface area contributed by atoms with Gasteiger partial charge in [0.25, 0.3) is 0 Å². The molecule has 0 radical (unpaired) electrons. The molecule has 1 fully saturated rings. The molecule has 0 bridgehead atoms. The zero-order valence-electron chi connectivity index (χ0n) is 12.9. The van der Waals surface area contributed by atoms with Gasteiger partial charge < -0.3 is 5.32 Å². The smallest absolute Gasteiger partial charge is 0.221 e. The van der Waals surface area contributed by atoms with E-state index in [0.29, 0.717) is 6.42 Å². The van der Waals surface area contributed by atoms with Crippen LogP contribution in [0.1, 0.15) is 59.1 Å². The summed E-state index contributed by atoms with van der Waals surface area (Å²) in [4.78, 5) is 11.8. The quantitative estimate of drug-likeness (QED) is 0.821. The van der Waals surface area contributed by atoms with Crippen molar-refractivity contribution in [1.82, 2.24) is 5.32 Å². The third-order valence-electron chi connectivity index (χ3n) is 4.73. The van der Waals surface area contributed by atoms with E-state index >= 15 is 0 Å². The zero-order valence-corrected chi connectivity index (χ0v) is 12.9. The number of carbonyl (C=O) groups excluding carboxylic acids is 1. The molecule has 19 heavy (non-hydrogen) atoms. The number of benzene rings is 1. The highest BCUT2D eigenvalue weighted by Crippen LogP contribution is 2.42. The zero-order chi connectivity index (χ0) is 14.5. The summed E-state index contributed by atoms with van der Waals surface area (Å²) in [5.74, 6) is 0.146. The van der Waals surface area contributed by atoms with E-state index < -0.39 is 0 Å². The Hall–Kier alpha value is -1.31. The van der Waals surface area contributed by atoms with Gasteiger partial charge in [-0.05, 0) is 30.4 Å². The van der Waals surface area contributed by atoms with Crippen LogP contribution in [0.4, 0.5) is 0 Å². The third-order valence-corrected chi connectivity index (χ3v) is 4.73. The maximum atomic E-state index is 11.8. The minimum Gasteiger partial charge on any atom is -0.350 e. The van der Waals surface area contributed by atoms with Crippen molar-refractivity contribution in [2.75, 3.05) is 0 Å². The first-order chi connectivity index (χ1) is 8.56. The summed E-state index contributed by atoms with van der Waals surface area (Å²) in [6.45, 7) is 13.0. The Bertz CT molecular complexity index is 493. The monoisotopic (exact) mass is 259 g/mol. The molecule has 1 heterocycles. The molecule has 1 aliphatic rings. The van der Waals surface area contributed by atoms with Crippen molar-refractivity contribution in [3.63, 3.8) is 0 Å². The lowest BCUT2D eigenvalue weighted by Gasteiger charge is -2.38. The highest BCUT2D eigenvalue weighted by atomic mass is 16.2. The lowest BCUT2D eigenvalue weighted by molar-refractivity contribution is -0.119. The molecule has 1 aromatic rings. The van der Waals surface area contributed by atoms with E-state index in [4.69, 9.17) is 0 Å². The van der Waals surface area contributed by atoms with Gasteiger partial charge in [0.1, 0.15) is 0 Å². The fourth-order valence-electron chi connectivity index (χ4n) is 2.87. The molecule has 104 valence electrons. The van der Waals surface area contributed by atoms with E-state index in [1.807, 2.05) is 0 Å². The van der Waals surface area contributed by atoms with Crippen molar-refractivity contribution < 1.29 is 4.79 Å². The molecule has 1 aliphatic heterocycles. The van der Waals surface area contributed by atoms with Crippen LogP contribution in [0, 0.1) is 0 Å². The summed E-state index contributed by atoms with van der Waals surface area (Å²) < 4.78 is 0. The van der Waals surface area contributed by atoms with Crippen molar-refractivity contribution in [3.8, 4) is 0 Å². The lowest BCUT2D eigenvalue weighted by atomic mass is 9.68. The van der Waals surface area contributed by atoms with Crippen LogP contribution >= 0.6 is 0 Å². The summed E-state index contributed by atoms with van der Waals surface area (Å²) in [6, 6.07) is 8.75. The van der Waals surface area contributed by atoms with Crippen molar-refractivity contribution >= 4 is 5.91 Å². The molecule has 0 spiro atoms. The molecule has 0 aliphatic carbocycles. The first-order valence-electron chi connectivity index (χ1n) is 6.98. The Balaban J connectivity index is 2.40. The fraction of sp³-hybridized carbons (Fsp3) is 0.588.